The number of carbonyl (C=O) groups is 2. The number of hydrogen-bond donors (Lipinski definition) is 0. The van der Waals surface area contributed by atoms with Crippen molar-refractivity contribution in [2.24, 2.45) is 11.8 Å². The second-order valence-corrected chi connectivity index (χ2v) is 10.4. The van der Waals surface area contributed by atoms with Crippen molar-refractivity contribution in [2.75, 3.05) is 31.1 Å². The zero-order chi connectivity index (χ0) is 23.4. The number of carbonyl (C=O) groups excluding carboxylic acids is 2. The summed E-state index contributed by atoms with van der Waals surface area (Å²) in [5, 5.41) is 0.279. The summed E-state index contributed by atoms with van der Waals surface area (Å²) in [6, 6.07) is 13.8. The first-order chi connectivity index (χ1) is 15.9. The highest BCUT2D eigenvalue weighted by atomic mass is 35.5. The van der Waals surface area contributed by atoms with Crippen molar-refractivity contribution in [3.05, 3.63) is 58.7 Å². The van der Waals surface area contributed by atoms with Crippen molar-refractivity contribution in [1.82, 2.24) is 9.88 Å². The lowest BCUT2D eigenvalue weighted by Crippen LogP contribution is -2.47. The lowest BCUT2D eigenvalue weighted by molar-refractivity contribution is -0.137. The predicted molar refractivity (Wildman–Crippen MR) is 133 cm³/mol. The topological polar surface area (TPSA) is 53.5 Å². The molecule has 3 heterocycles. The molecule has 0 radical (unpaired) electrons. The molecular formula is C27H34ClN3O2. The fourth-order valence-electron chi connectivity index (χ4n) is 5.31. The quantitative estimate of drug-likeness (QED) is 0.423. The van der Waals surface area contributed by atoms with E-state index in [4.69, 9.17) is 11.6 Å². The maximum Gasteiger partial charge on any atom is 0.232 e. The van der Waals surface area contributed by atoms with Crippen LogP contribution in [0.15, 0.2) is 42.5 Å². The van der Waals surface area contributed by atoms with Gasteiger partial charge < -0.3 is 9.80 Å². The molecule has 2 saturated heterocycles. The molecule has 0 N–H and O–H groups in total. The molecule has 0 saturated carbocycles. The number of anilines is 1. The van der Waals surface area contributed by atoms with Gasteiger partial charge >= 0.3 is 0 Å². The van der Waals surface area contributed by atoms with Crippen LogP contribution < -0.4 is 4.90 Å². The van der Waals surface area contributed by atoms with Crippen LogP contribution >= 0.6 is 11.6 Å². The number of aromatic nitrogens is 1. The van der Waals surface area contributed by atoms with Gasteiger partial charge in [-0.05, 0) is 75.5 Å². The number of piperidine rings is 2. The molecule has 0 atom stereocenters. The third-order valence-corrected chi connectivity index (χ3v) is 7.83. The summed E-state index contributed by atoms with van der Waals surface area (Å²) in [6.07, 6.45) is 6.48. The van der Waals surface area contributed by atoms with Gasteiger partial charge in [0.05, 0.1) is 11.0 Å². The highest BCUT2D eigenvalue weighted by Crippen LogP contribution is 2.33. The molecule has 0 unspecified atom stereocenters. The minimum Gasteiger partial charge on any atom is -0.357 e. The van der Waals surface area contributed by atoms with E-state index in [-0.39, 0.29) is 11.1 Å². The van der Waals surface area contributed by atoms with E-state index in [9.17, 15) is 9.59 Å². The number of rotatable bonds is 6. The van der Waals surface area contributed by atoms with Crippen LogP contribution in [0.2, 0.25) is 5.15 Å². The molecule has 4 rings (SSSR count). The smallest absolute Gasteiger partial charge is 0.232 e. The summed E-state index contributed by atoms with van der Waals surface area (Å²) in [7, 11) is 0. The Bertz CT molecular complexity index is 963. The number of pyridine rings is 1. The lowest BCUT2D eigenvalue weighted by Gasteiger charge is -2.39. The molecule has 2 aliphatic rings. The summed E-state index contributed by atoms with van der Waals surface area (Å²) in [4.78, 5) is 32.9. The van der Waals surface area contributed by atoms with Crippen LogP contribution in [0, 0.1) is 11.8 Å². The van der Waals surface area contributed by atoms with Gasteiger partial charge in [-0.1, -0.05) is 41.9 Å². The molecule has 2 aliphatic heterocycles. The Morgan fingerprint density at radius 1 is 1.00 bits per heavy atom. The van der Waals surface area contributed by atoms with E-state index in [1.54, 1.807) is 6.07 Å². The summed E-state index contributed by atoms with van der Waals surface area (Å²) in [6.45, 7) is 7.75. The zero-order valence-electron chi connectivity index (χ0n) is 19.7. The van der Waals surface area contributed by atoms with Gasteiger partial charge in [0.2, 0.25) is 5.91 Å². The van der Waals surface area contributed by atoms with E-state index in [1.807, 2.05) is 38.1 Å². The average molecular weight is 468 g/mol. The molecule has 1 aromatic carbocycles. The van der Waals surface area contributed by atoms with Gasteiger partial charge in [-0.15, -0.1) is 0 Å². The van der Waals surface area contributed by atoms with E-state index in [2.05, 4.69) is 26.9 Å². The lowest BCUT2D eigenvalue weighted by atomic mass is 9.80. The second kappa shape index (κ2) is 10.3. The minimum atomic E-state index is -0.484. The molecule has 6 heteroatoms. The third-order valence-electron chi connectivity index (χ3n) is 7.53. The average Bonchev–Trinajstić information content (AvgIpc) is 2.85. The first kappa shape index (κ1) is 23.7. The molecule has 0 spiro atoms. The van der Waals surface area contributed by atoms with Crippen molar-refractivity contribution < 1.29 is 9.59 Å². The van der Waals surface area contributed by atoms with Crippen molar-refractivity contribution in [1.29, 1.82) is 0 Å². The first-order valence-corrected chi connectivity index (χ1v) is 12.5. The maximum atomic E-state index is 13.2. The molecule has 0 bridgehead atoms. The zero-order valence-corrected chi connectivity index (χ0v) is 20.4. The Morgan fingerprint density at radius 2 is 1.61 bits per heavy atom. The predicted octanol–water partition coefficient (Wildman–Crippen LogP) is 5.37. The van der Waals surface area contributed by atoms with Gasteiger partial charge in [-0.2, -0.15) is 0 Å². The van der Waals surface area contributed by atoms with Gasteiger partial charge in [0.15, 0.2) is 6.29 Å². The van der Waals surface area contributed by atoms with Crippen LogP contribution in [0.5, 0.6) is 0 Å². The van der Waals surface area contributed by atoms with Gasteiger partial charge in [0.1, 0.15) is 11.0 Å². The molecule has 2 aromatic rings. The Morgan fingerprint density at radius 3 is 2.18 bits per heavy atom. The standard InChI is InChI=1S/C27H34ClN3O2/c1-27(2,23-6-4-3-5-7-23)26(33)31-16-12-21(13-17-31)18-20-10-14-30(15-11-20)24-9-8-22(19-32)25(28)29-24/h3-9,19-21H,10-18H2,1-2H3. The number of likely N-dealkylation sites (tertiary alicyclic amines) is 1. The highest BCUT2D eigenvalue weighted by molar-refractivity contribution is 6.31. The van der Waals surface area contributed by atoms with E-state index in [0.29, 0.717) is 11.5 Å². The van der Waals surface area contributed by atoms with Crippen molar-refractivity contribution in [3.63, 3.8) is 0 Å². The fourth-order valence-corrected chi connectivity index (χ4v) is 5.51. The van der Waals surface area contributed by atoms with Crippen molar-refractivity contribution in [3.8, 4) is 0 Å². The Labute approximate surface area is 202 Å². The maximum absolute atomic E-state index is 13.2. The second-order valence-electron chi connectivity index (χ2n) is 10.1. The third kappa shape index (κ3) is 5.40. The van der Waals surface area contributed by atoms with Gasteiger partial charge in [0.25, 0.3) is 0 Å². The Balaban J connectivity index is 1.24. The number of aldehydes is 1. The Kier molecular flexibility index (Phi) is 7.38. The molecular weight excluding hydrogens is 434 g/mol. The monoisotopic (exact) mass is 467 g/mol. The van der Waals surface area contributed by atoms with Crippen LogP contribution in [0.1, 0.15) is 61.9 Å². The van der Waals surface area contributed by atoms with E-state index in [1.165, 1.54) is 6.42 Å². The summed E-state index contributed by atoms with van der Waals surface area (Å²) in [5.74, 6) is 2.52. The van der Waals surface area contributed by atoms with Gasteiger partial charge in [-0.3, -0.25) is 9.59 Å². The number of hydrogen-bond acceptors (Lipinski definition) is 4. The normalized spacial score (nSPS) is 18.4. The van der Waals surface area contributed by atoms with Crippen LogP contribution in [-0.4, -0.2) is 48.3 Å². The summed E-state index contributed by atoms with van der Waals surface area (Å²) in [5.41, 5.74) is 1.04. The van der Waals surface area contributed by atoms with Crippen molar-refractivity contribution in [2.45, 2.75) is 51.4 Å². The molecule has 33 heavy (non-hydrogen) atoms. The molecule has 1 amide bonds. The largest absolute Gasteiger partial charge is 0.357 e. The van der Waals surface area contributed by atoms with E-state index < -0.39 is 5.41 Å². The minimum absolute atomic E-state index is 0.243. The van der Waals surface area contributed by atoms with E-state index >= 15 is 0 Å². The van der Waals surface area contributed by atoms with Gasteiger partial charge in [0, 0.05) is 26.2 Å². The molecule has 5 nitrogen and oxygen atoms in total. The first-order valence-electron chi connectivity index (χ1n) is 12.1. The van der Waals surface area contributed by atoms with Crippen LogP contribution in [-0.2, 0) is 10.2 Å². The molecule has 2 fully saturated rings. The molecule has 1 aromatic heterocycles. The number of benzene rings is 1. The van der Waals surface area contributed by atoms with Gasteiger partial charge in [-0.25, -0.2) is 4.98 Å². The summed E-state index contributed by atoms with van der Waals surface area (Å²) < 4.78 is 0. The summed E-state index contributed by atoms with van der Waals surface area (Å²) >= 11 is 6.11. The van der Waals surface area contributed by atoms with E-state index in [0.717, 1.165) is 75.4 Å². The number of amides is 1. The van der Waals surface area contributed by atoms with Crippen LogP contribution in [0.3, 0.4) is 0 Å². The van der Waals surface area contributed by atoms with Crippen molar-refractivity contribution >= 4 is 29.6 Å². The fraction of sp³-hybridized carbons (Fsp3) is 0.519. The SMILES string of the molecule is CC(C)(C(=O)N1CCC(CC2CCN(c3ccc(C=O)c(Cl)n3)CC2)CC1)c1ccccc1. The number of nitrogens with zero attached hydrogens (tertiary/aromatic N) is 3. The molecule has 0 aliphatic carbocycles. The molecule has 176 valence electrons. The van der Waals surface area contributed by atoms with Crippen LogP contribution in [0.4, 0.5) is 5.82 Å². The number of halogens is 1. The Hall–Kier alpha value is -2.40. The van der Waals surface area contributed by atoms with Crippen LogP contribution in [0.25, 0.3) is 0 Å². The highest BCUT2D eigenvalue weighted by Gasteiger charge is 2.35.